The Morgan fingerprint density at radius 2 is 1.60 bits per heavy atom. The Morgan fingerprint density at radius 3 is 2.30 bits per heavy atom. The number of aliphatic hydroxyl groups excluding tert-OH is 2. The number of benzene rings is 2. The first kappa shape index (κ1) is 15.0. The summed E-state index contributed by atoms with van der Waals surface area (Å²) in [7, 11) is 0. The van der Waals surface area contributed by atoms with Gasteiger partial charge in [0.25, 0.3) is 0 Å². The van der Waals surface area contributed by atoms with E-state index in [1.165, 1.54) is 0 Å². The summed E-state index contributed by atoms with van der Waals surface area (Å²) >= 11 is 5.98. The highest BCUT2D eigenvalue weighted by molar-refractivity contribution is 6.31. The molecule has 2 aromatic carbocycles. The van der Waals surface area contributed by atoms with Gasteiger partial charge >= 0.3 is 0 Å². The van der Waals surface area contributed by atoms with Gasteiger partial charge in [-0.15, -0.1) is 0 Å². The Balaban J connectivity index is 1.86. The molecule has 0 aliphatic rings. The predicted octanol–water partition coefficient (Wildman–Crippen LogP) is 2.95. The molecule has 3 nitrogen and oxygen atoms in total. The molecule has 0 aliphatic carbocycles. The molecule has 0 amide bonds. The van der Waals surface area contributed by atoms with Crippen molar-refractivity contribution in [1.29, 1.82) is 0 Å². The standard InChI is InChI=1S/C16H17ClO3/c17-14-9-5-4-8-13(14)16(19)15(18)11-20-10-12-6-2-1-3-7-12/h1-9,15-16,18-19H,10-11H2/t15-,16+/m0/s1. The third-order valence-corrected chi connectivity index (χ3v) is 3.33. The predicted molar refractivity (Wildman–Crippen MR) is 78.5 cm³/mol. The lowest BCUT2D eigenvalue weighted by Crippen LogP contribution is -2.24. The van der Waals surface area contributed by atoms with Gasteiger partial charge in [0.05, 0.1) is 13.2 Å². The van der Waals surface area contributed by atoms with Crippen molar-refractivity contribution in [3.8, 4) is 0 Å². The van der Waals surface area contributed by atoms with Crippen molar-refractivity contribution < 1.29 is 14.9 Å². The van der Waals surface area contributed by atoms with Gasteiger partial charge in [-0.05, 0) is 11.6 Å². The van der Waals surface area contributed by atoms with E-state index in [-0.39, 0.29) is 6.61 Å². The summed E-state index contributed by atoms with van der Waals surface area (Å²) in [5.41, 5.74) is 1.52. The summed E-state index contributed by atoms with van der Waals surface area (Å²) in [4.78, 5) is 0. The number of halogens is 1. The molecule has 0 aromatic heterocycles. The van der Waals surface area contributed by atoms with Gasteiger partial charge in [0.2, 0.25) is 0 Å². The minimum atomic E-state index is -1.06. The van der Waals surface area contributed by atoms with Crippen LogP contribution in [0.5, 0.6) is 0 Å². The molecule has 106 valence electrons. The Labute approximate surface area is 123 Å². The monoisotopic (exact) mass is 292 g/mol. The number of rotatable bonds is 6. The minimum Gasteiger partial charge on any atom is -0.388 e. The van der Waals surface area contributed by atoms with E-state index in [1.807, 2.05) is 30.3 Å². The molecule has 2 aromatic rings. The first-order valence-electron chi connectivity index (χ1n) is 6.40. The van der Waals surface area contributed by atoms with Gasteiger partial charge in [-0.3, -0.25) is 0 Å². The molecule has 0 bridgehead atoms. The maximum atomic E-state index is 10.1. The Morgan fingerprint density at radius 1 is 0.950 bits per heavy atom. The lowest BCUT2D eigenvalue weighted by Gasteiger charge is -2.19. The van der Waals surface area contributed by atoms with Gasteiger partial charge in [0, 0.05) is 10.6 Å². The Bertz CT molecular complexity index is 530. The van der Waals surface area contributed by atoms with Crippen LogP contribution < -0.4 is 0 Å². The number of ether oxygens (including phenoxy) is 1. The summed E-state index contributed by atoms with van der Waals surface area (Å²) in [6.07, 6.45) is -2.07. The highest BCUT2D eigenvalue weighted by atomic mass is 35.5. The van der Waals surface area contributed by atoms with Crippen molar-refractivity contribution in [3.63, 3.8) is 0 Å². The fourth-order valence-corrected chi connectivity index (χ4v) is 2.13. The summed E-state index contributed by atoms with van der Waals surface area (Å²) in [5.74, 6) is 0. The topological polar surface area (TPSA) is 49.7 Å². The molecular weight excluding hydrogens is 276 g/mol. The van der Waals surface area contributed by atoms with E-state index >= 15 is 0 Å². The van der Waals surface area contributed by atoms with Crippen molar-refractivity contribution in [1.82, 2.24) is 0 Å². The van der Waals surface area contributed by atoms with Crippen LogP contribution in [0, 0.1) is 0 Å². The van der Waals surface area contributed by atoms with E-state index in [9.17, 15) is 10.2 Å². The molecule has 0 saturated heterocycles. The van der Waals surface area contributed by atoms with E-state index in [0.29, 0.717) is 17.2 Å². The highest BCUT2D eigenvalue weighted by Crippen LogP contribution is 2.25. The van der Waals surface area contributed by atoms with Crippen LogP contribution in [0.1, 0.15) is 17.2 Å². The van der Waals surface area contributed by atoms with Crippen molar-refractivity contribution >= 4 is 11.6 Å². The van der Waals surface area contributed by atoms with Crippen LogP contribution in [0.15, 0.2) is 54.6 Å². The molecule has 0 radical (unpaired) electrons. The highest BCUT2D eigenvalue weighted by Gasteiger charge is 2.20. The zero-order valence-electron chi connectivity index (χ0n) is 10.9. The summed E-state index contributed by atoms with van der Waals surface area (Å²) in [6, 6.07) is 16.6. The van der Waals surface area contributed by atoms with E-state index in [0.717, 1.165) is 5.56 Å². The van der Waals surface area contributed by atoms with Gasteiger partial charge in [0.15, 0.2) is 0 Å². The maximum absolute atomic E-state index is 10.1. The Kier molecular flexibility index (Phi) is 5.56. The van der Waals surface area contributed by atoms with Crippen LogP contribution in [-0.2, 0) is 11.3 Å². The second kappa shape index (κ2) is 7.41. The molecule has 4 heteroatoms. The molecule has 0 unspecified atom stereocenters. The van der Waals surface area contributed by atoms with Crippen LogP contribution >= 0.6 is 11.6 Å². The third-order valence-electron chi connectivity index (χ3n) is 2.99. The molecule has 0 saturated carbocycles. The zero-order chi connectivity index (χ0) is 14.4. The summed E-state index contributed by atoms with van der Waals surface area (Å²) < 4.78 is 5.41. The van der Waals surface area contributed by atoms with E-state index in [4.69, 9.17) is 16.3 Å². The SMILES string of the molecule is O[C@H](c1ccccc1Cl)[C@@H](O)COCc1ccccc1. The minimum absolute atomic E-state index is 0.0429. The average Bonchev–Trinajstić information content (AvgIpc) is 2.48. The average molecular weight is 293 g/mol. The normalized spacial score (nSPS) is 13.9. The number of hydrogen-bond acceptors (Lipinski definition) is 3. The summed E-state index contributed by atoms with van der Waals surface area (Å²) in [6.45, 7) is 0.439. The molecule has 0 fully saturated rings. The van der Waals surface area contributed by atoms with Crippen LogP contribution in [-0.4, -0.2) is 22.9 Å². The van der Waals surface area contributed by atoms with Crippen LogP contribution in [0.4, 0.5) is 0 Å². The van der Waals surface area contributed by atoms with E-state index in [2.05, 4.69) is 0 Å². The molecule has 0 spiro atoms. The van der Waals surface area contributed by atoms with Gasteiger partial charge in [0.1, 0.15) is 12.2 Å². The van der Waals surface area contributed by atoms with Crippen molar-refractivity contribution in [2.75, 3.05) is 6.61 Å². The Hall–Kier alpha value is -1.39. The first-order chi connectivity index (χ1) is 9.68. The molecule has 2 atom stereocenters. The van der Waals surface area contributed by atoms with Gasteiger partial charge in [-0.25, -0.2) is 0 Å². The fraction of sp³-hybridized carbons (Fsp3) is 0.250. The van der Waals surface area contributed by atoms with Gasteiger partial charge < -0.3 is 14.9 Å². The first-order valence-corrected chi connectivity index (χ1v) is 6.78. The van der Waals surface area contributed by atoms with Crippen LogP contribution in [0.25, 0.3) is 0 Å². The van der Waals surface area contributed by atoms with Crippen molar-refractivity contribution in [2.24, 2.45) is 0 Å². The molecule has 2 N–H and O–H groups in total. The molecule has 0 aliphatic heterocycles. The van der Waals surface area contributed by atoms with E-state index in [1.54, 1.807) is 24.3 Å². The quantitative estimate of drug-likeness (QED) is 0.860. The molecule has 0 heterocycles. The number of aliphatic hydroxyl groups is 2. The number of hydrogen-bond donors (Lipinski definition) is 2. The maximum Gasteiger partial charge on any atom is 0.109 e. The second-order valence-corrected chi connectivity index (χ2v) is 4.94. The largest absolute Gasteiger partial charge is 0.388 e. The molecular formula is C16H17ClO3. The smallest absolute Gasteiger partial charge is 0.109 e. The third kappa shape index (κ3) is 4.05. The lowest BCUT2D eigenvalue weighted by molar-refractivity contribution is -0.0434. The van der Waals surface area contributed by atoms with E-state index < -0.39 is 12.2 Å². The molecule has 2 rings (SSSR count). The lowest BCUT2D eigenvalue weighted by atomic mass is 10.1. The fourth-order valence-electron chi connectivity index (χ4n) is 1.89. The van der Waals surface area contributed by atoms with Crippen molar-refractivity contribution in [2.45, 2.75) is 18.8 Å². The van der Waals surface area contributed by atoms with Crippen LogP contribution in [0.3, 0.4) is 0 Å². The summed E-state index contributed by atoms with van der Waals surface area (Å²) in [5, 5.41) is 20.4. The molecule has 20 heavy (non-hydrogen) atoms. The second-order valence-electron chi connectivity index (χ2n) is 4.53. The zero-order valence-corrected chi connectivity index (χ0v) is 11.7. The van der Waals surface area contributed by atoms with Gasteiger partial charge in [-0.1, -0.05) is 60.1 Å². The van der Waals surface area contributed by atoms with Gasteiger partial charge in [-0.2, -0.15) is 0 Å². The van der Waals surface area contributed by atoms with Crippen molar-refractivity contribution in [3.05, 3.63) is 70.7 Å². The van der Waals surface area contributed by atoms with Crippen LogP contribution in [0.2, 0.25) is 5.02 Å².